The zero-order chi connectivity index (χ0) is 17.8. The molecule has 0 radical (unpaired) electrons. The van der Waals surface area contributed by atoms with Gasteiger partial charge in [0, 0.05) is 32.7 Å². The van der Waals surface area contributed by atoms with Crippen molar-refractivity contribution in [3.63, 3.8) is 0 Å². The molecule has 1 saturated heterocycles. The smallest absolute Gasteiger partial charge is 0.356 e. The summed E-state index contributed by atoms with van der Waals surface area (Å²) in [5.74, 6) is 0.413. The van der Waals surface area contributed by atoms with Crippen molar-refractivity contribution < 1.29 is 14.3 Å². The Bertz CT molecular complexity index is 766. The van der Waals surface area contributed by atoms with Crippen molar-refractivity contribution in [3.05, 3.63) is 52.6 Å². The van der Waals surface area contributed by atoms with Crippen LogP contribution in [0.1, 0.15) is 23.2 Å². The Hall–Kier alpha value is -2.31. The number of anilines is 1. The molecule has 0 amide bonds. The SMILES string of the molecule is C/C(=C\c1ccco1)CN1CCN(c2ccc(Cl)c(C(=O)O)n2)CC1. The summed E-state index contributed by atoms with van der Waals surface area (Å²) in [6.45, 7) is 6.33. The maximum atomic E-state index is 11.2. The fourth-order valence-electron chi connectivity index (χ4n) is 2.91. The molecule has 3 heterocycles. The van der Waals surface area contributed by atoms with Gasteiger partial charge in [-0.25, -0.2) is 9.78 Å². The van der Waals surface area contributed by atoms with E-state index in [4.69, 9.17) is 21.1 Å². The van der Waals surface area contributed by atoms with Crippen molar-refractivity contribution >= 4 is 29.5 Å². The predicted octanol–water partition coefficient (Wildman–Crippen LogP) is 3.25. The van der Waals surface area contributed by atoms with Crippen molar-refractivity contribution in [1.29, 1.82) is 0 Å². The zero-order valence-corrected chi connectivity index (χ0v) is 14.7. The Labute approximate surface area is 151 Å². The minimum absolute atomic E-state index is 0.0983. The summed E-state index contributed by atoms with van der Waals surface area (Å²) >= 11 is 5.88. The van der Waals surface area contributed by atoms with Gasteiger partial charge in [0.05, 0.1) is 11.3 Å². The number of rotatable bonds is 5. The minimum Gasteiger partial charge on any atom is -0.476 e. The van der Waals surface area contributed by atoms with Gasteiger partial charge < -0.3 is 14.4 Å². The number of nitrogens with zero attached hydrogens (tertiary/aromatic N) is 3. The predicted molar refractivity (Wildman–Crippen MR) is 97.2 cm³/mol. The Morgan fingerprint density at radius 2 is 2.08 bits per heavy atom. The topological polar surface area (TPSA) is 69.8 Å². The van der Waals surface area contributed by atoms with E-state index in [0.29, 0.717) is 5.82 Å². The van der Waals surface area contributed by atoms with Gasteiger partial charge in [0.15, 0.2) is 5.69 Å². The quantitative estimate of drug-likeness (QED) is 0.881. The van der Waals surface area contributed by atoms with E-state index in [9.17, 15) is 4.79 Å². The van der Waals surface area contributed by atoms with Gasteiger partial charge in [-0.2, -0.15) is 0 Å². The highest BCUT2D eigenvalue weighted by molar-refractivity contribution is 6.33. The lowest BCUT2D eigenvalue weighted by atomic mass is 10.2. The Kier molecular flexibility index (Phi) is 5.40. The molecule has 1 fully saturated rings. The fraction of sp³-hybridized carbons (Fsp3) is 0.333. The van der Waals surface area contributed by atoms with Gasteiger partial charge in [-0.1, -0.05) is 17.2 Å². The zero-order valence-electron chi connectivity index (χ0n) is 14.0. The number of hydrogen-bond acceptors (Lipinski definition) is 5. The number of carboxylic acids is 1. The van der Waals surface area contributed by atoms with Crippen LogP contribution >= 0.6 is 11.6 Å². The van der Waals surface area contributed by atoms with Crippen LogP contribution in [0.4, 0.5) is 5.82 Å². The molecule has 0 bridgehead atoms. The Morgan fingerprint density at radius 3 is 2.72 bits per heavy atom. The molecule has 7 heteroatoms. The molecule has 1 N–H and O–H groups in total. The second kappa shape index (κ2) is 7.72. The first-order valence-corrected chi connectivity index (χ1v) is 8.48. The number of pyridine rings is 1. The summed E-state index contributed by atoms with van der Waals surface area (Å²) in [6.07, 6.45) is 3.72. The summed E-state index contributed by atoms with van der Waals surface area (Å²) in [5.41, 5.74) is 1.14. The lowest BCUT2D eigenvalue weighted by molar-refractivity contribution is 0.0690. The van der Waals surface area contributed by atoms with E-state index in [1.54, 1.807) is 18.4 Å². The number of aromatic carboxylic acids is 1. The van der Waals surface area contributed by atoms with Crippen molar-refractivity contribution in [2.24, 2.45) is 0 Å². The fourth-order valence-corrected chi connectivity index (χ4v) is 3.09. The van der Waals surface area contributed by atoms with E-state index in [1.165, 1.54) is 5.57 Å². The van der Waals surface area contributed by atoms with Crippen LogP contribution in [0.25, 0.3) is 6.08 Å². The number of piperazine rings is 1. The normalized spacial score (nSPS) is 16.2. The number of carboxylic acid groups (broad SMARTS) is 1. The summed E-state index contributed by atoms with van der Waals surface area (Å²) < 4.78 is 5.34. The number of furan rings is 1. The molecule has 132 valence electrons. The highest BCUT2D eigenvalue weighted by Gasteiger charge is 2.20. The molecule has 3 rings (SSSR count). The molecular weight excluding hydrogens is 342 g/mol. The maximum Gasteiger partial charge on any atom is 0.356 e. The van der Waals surface area contributed by atoms with Crippen molar-refractivity contribution in [3.8, 4) is 0 Å². The monoisotopic (exact) mass is 361 g/mol. The molecule has 0 saturated carbocycles. The largest absolute Gasteiger partial charge is 0.476 e. The van der Waals surface area contributed by atoms with Gasteiger partial charge in [-0.3, -0.25) is 4.90 Å². The second-order valence-corrected chi connectivity index (χ2v) is 6.48. The highest BCUT2D eigenvalue weighted by atomic mass is 35.5. The van der Waals surface area contributed by atoms with Gasteiger partial charge in [0.25, 0.3) is 0 Å². The Balaban J connectivity index is 1.59. The summed E-state index contributed by atoms with van der Waals surface area (Å²) in [7, 11) is 0. The molecule has 2 aromatic heterocycles. The third-order valence-corrected chi connectivity index (χ3v) is 4.44. The molecule has 2 aromatic rings. The number of aromatic nitrogens is 1. The second-order valence-electron chi connectivity index (χ2n) is 6.07. The van der Waals surface area contributed by atoms with Crippen LogP contribution in [0.3, 0.4) is 0 Å². The van der Waals surface area contributed by atoms with E-state index in [1.807, 2.05) is 18.2 Å². The van der Waals surface area contributed by atoms with Gasteiger partial charge in [0.2, 0.25) is 0 Å². The third kappa shape index (κ3) is 4.41. The van der Waals surface area contributed by atoms with Gasteiger partial charge in [-0.05, 0) is 37.3 Å². The van der Waals surface area contributed by atoms with E-state index >= 15 is 0 Å². The van der Waals surface area contributed by atoms with Crippen LogP contribution in [-0.2, 0) is 0 Å². The molecule has 1 aliphatic rings. The summed E-state index contributed by atoms with van der Waals surface area (Å²) in [5, 5.41) is 9.31. The highest BCUT2D eigenvalue weighted by Crippen LogP contribution is 2.21. The lowest BCUT2D eigenvalue weighted by Crippen LogP contribution is -2.47. The molecule has 1 aliphatic heterocycles. The van der Waals surface area contributed by atoms with Crippen LogP contribution < -0.4 is 4.90 Å². The molecule has 0 atom stereocenters. The maximum absolute atomic E-state index is 11.2. The first-order valence-electron chi connectivity index (χ1n) is 8.11. The molecule has 0 spiro atoms. The van der Waals surface area contributed by atoms with Crippen LogP contribution in [-0.4, -0.2) is 53.7 Å². The average molecular weight is 362 g/mol. The van der Waals surface area contributed by atoms with Gasteiger partial charge in [0.1, 0.15) is 11.6 Å². The van der Waals surface area contributed by atoms with Crippen molar-refractivity contribution in [2.45, 2.75) is 6.92 Å². The average Bonchev–Trinajstić information content (AvgIpc) is 3.08. The van der Waals surface area contributed by atoms with Crippen LogP contribution in [0.5, 0.6) is 0 Å². The minimum atomic E-state index is -1.11. The van der Waals surface area contributed by atoms with E-state index in [-0.39, 0.29) is 10.7 Å². The third-order valence-electron chi connectivity index (χ3n) is 4.14. The first kappa shape index (κ1) is 17.5. The van der Waals surface area contributed by atoms with Gasteiger partial charge in [-0.15, -0.1) is 0 Å². The summed E-state index contributed by atoms with van der Waals surface area (Å²) in [6, 6.07) is 7.18. The van der Waals surface area contributed by atoms with Crippen molar-refractivity contribution in [2.75, 3.05) is 37.6 Å². The molecule has 0 unspecified atom stereocenters. The number of halogens is 1. The summed E-state index contributed by atoms with van der Waals surface area (Å²) in [4.78, 5) is 19.8. The van der Waals surface area contributed by atoms with E-state index in [2.05, 4.69) is 21.7 Å². The Morgan fingerprint density at radius 1 is 1.32 bits per heavy atom. The van der Waals surface area contributed by atoms with Crippen LogP contribution in [0, 0.1) is 0 Å². The molecule has 6 nitrogen and oxygen atoms in total. The standard InChI is InChI=1S/C18H20ClN3O3/c1-13(11-14-3-2-10-25-14)12-21-6-8-22(9-7-21)16-5-4-15(19)17(20-16)18(23)24/h2-5,10-11H,6-9,12H2,1H3,(H,23,24)/b13-11+. The van der Waals surface area contributed by atoms with Crippen molar-refractivity contribution in [1.82, 2.24) is 9.88 Å². The molecule has 25 heavy (non-hydrogen) atoms. The first-order chi connectivity index (χ1) is 12.0. The van der Waals surface area contributed by atoms with E-state index in [0.717, 1.165) is 38.5 Å². The molecule has 0 aliphatic carbocycles. The molecular formula is C18H20ClN3O3. The van der Waals surface area contributed by atoms with Crippen LogP contribution in [0.15, 0.2) is 40.5 Å². The lowest BCUT2D eigenvalue weighted by Gasteiger charge is -2.35. The van der Waals surface area contributed by atoms with E-state index < -0.39 is 5.97 Å². The number of hydrogen-bond donors (Lipinski definition) is 1. The van der Waals surface area contributed by atoms with Crippen LogP contribution in [0.2, 0.25) is 5.02 Å². The number of carbonyl (C=O) groups is 1. The van der Waals surface area contributed by atoms with Gasteiger partial charge >= 0.3 is 5.97 Å². The molecule has 0 aromatic carbocycles.